The molecule has 1 unspecified atom stereocenters. The van der Waals surface area contributed by atoms with Crippen LogP contribution in [0.4, 0.5) is 10.5 Å². The van der Waals surface area contributed by atoms with E-state index in [1.807, 2.05) is 19.1 Å². The largest absolute Gasteiger partial charge is 0.449 e. The number of anilines is 1. The summed E-state index contributed by atoms with van der Waals surface area (Å²) in [4.78, 5) is 22.9. The number of nitrogens with one attached hydrogen (secondary N) is 2. The maximum absolute atomic E-state index is 11.6. The minimum absolute atomic E-state index is 0.0632. The van der Waals surface area contributed by atoms with Crippen molar-refractivity contribution in [3.8, 4) is 0 Å². The summed E-state index contributed by atoms with van der Waals surface area (Å²) in [6.45, 7) is 2.83. The van der Waals surface area contributed by atoms with E-state index in [0.717, 1.165) is 11.3 Å². The smallest absolute Gasteiger partial charge is 0.411 e. The van der Waals surface area contributed by atoms with Crippen LogP contribution < -0.4 is 10.7 Å². The number of ether oxygens (including phenoxy) is 2. The summed E-state index contributed by atoms with van der Waals surface area (Å²) in [7, 11) is 1.60. The van der Waals surface area contributed by atoms with E-state index in [9.17, 15) is 9.59 Å². The summed E-state index contributed by atoms with van der Waals surface area (Å²) in [6, 6.07) is 7.26. The van der Waals surface area contributed by atoms with Gasteiger partial charge in [0.2, 0.25) is 5.91 Å². The Morgan fingerprint density at radius 1 is 1.35 bits per heavy atom. The second-order valence-corrected chi connectivity index (χ2v) is 5.32. The lowest BCUT2D eigenvalue weighted by atomic mass is 9.94. The standard InChI is InChI=1S/C16H21N3O4/c1-11-10-14(20)18-19-15(11)12-4-6-13(7-5-12)17-16(21)23-9-3-8-22-2/h4-7,11H,3,8-10H2,1-2H3,(H,17,21)(H,18,20). The van der Waals surface area contributed by atoms with Gasteiger partial charge in [0.1, 0.15) is 0 Å². The van der Waals surface area contributed by atoms with Crippen LogP contribution in [0, 0.1) is 5.92 Å². The molecule has 1 aliphatic rings. The third-order valence-electron chi connectivity index (χ3n) is 3.41. The molecule has 1 aliphatic heterocycles. The fourth-order valence-corrected chi connectivity index (χ4v) is 2.25. The number of rotatable bonds is 6. The summed E-state index contributed by atoms with van der Waals surface area (Å²) in [5.41, 5.74) is 4.87. The number of hydrogen-bond acceptors (Lipinski definition) is 5. The lowest BCUT2D eigenvalue weighted by Crippen LogP contribution is -2.31. The molecule has 2 amide bonds. The van der Waals surface area contributed by atoms with Gasteiger partial charge in [0, 0.05) is 38.2 Å². The summed E-state index contributed by atoms with van der Waals surface area (Å²) < 4.78 is 9.90. The molecule has 1 heterocycles. The first-order valence-corrected chi connectivity index (χ1v) is 7.49. The Labute approximate surface area is 135 Å². The highest BCUT2D eigenvalue weighted by Crippen LogP contribution is 2.18. The second kappa shape index (κ2) is 8.28. The zero-order chi connectivity index (χ0) is 16.7. The Hall–Kier alpha value is -2.41. The van der Waals surface area contributed by atoms with Gasteiger partial charge in [0.15, 0.2) is 0 Å². The van der Waals surface area contributed by atoms with Crippen molar-refractivity contribution in [1.29, 1.82) is 0 Å². The molecule has 0 radical (unpaired) electrons. The van der Waals surface area contributed by atoms with Crippen LogP contribution in [0.25, 0.3) is 0 Å². The predicted octanol–water partition coefficient (Wildman–Crippen LogP) is 2.13. The molecule has 0 saturated heterocycles. The van der Waals surface area contributed by atoms with Gasteiger partial charge in [-0.05, 0) is 17.7 Å². The third-order valence-corrected chi connectivity index (χ3v) is 3.41. The van der Waals surface area contributed by atoms with Crippen LogP contribution >= 0.6 is 0 Å². The van der Waals surface area contributed by atoms with Crippen molar-refractivity contribution in [3.05, 3.63) is 29.8 Å². The SMILES string of the molecule is COCCCOC(=O)Nc1ccc(C2=NNC(=O)CC2C)cc1. The highest BCUT2D eigenvalue weighted by atomic mass is 16.5. The van der Waals surface area contributed by atoms with E-state index in [0.29, 0.717) is 31.7 Å². The Kier molecular flexibility index (Phi) is 6.10. The Balaban J connectivity index is 1.89. The molecule has 7 nitrogen and oxygen atoms in total. The van der Waals surface area contributed by atoms with Gasteiger partial charge in [-0.2, -0.15) is 5.10 Å². The van der Waals surface area contributed by atoms with Crippen LogP contribution in [0.2, 0.25) is 0 Å². The molecular formula is C16H21N3O4. The zero-order valence-electron chi connectivity index (χ0n) is 13.3. The van der Waals surface area contributed by atoms with Crippen molar-refractivity contribution in [2.24, 2.45) is 11.0 Å². The molecule has 7 heteroatoms. The fraction of sp³-hybridized carbons (Fsp3) is 0.438. The van der Waals surface area contributed by atoms with Gasteiger partial charge >= 0.3 is 6.09 Å². The minimum Gasteiger partial charge on any atom is -0.449 e. The fourth-order valence-electron chi connectivity index (χ4n) is 2.25. The van der Waals surface area contributed by atoms with Gasteiger partial charge in [-0.25, -0.2) is 10.2 Å². The first-order chi connectivity index (χ1) is 11.1. The van der Waals surface area contributed by atoms with Crippen LogP contribution in [0.3, 0.4) is 0 Å². The monoisotopic (exact) mass is 319 g/mol. The number of amides is 2. The normalized spacial score (nSPS) is 17.2. The number of hydrazone groups is 1. The van der Waals surface area contributed by atoms with E-state index in [4.69, 9.17) is 9.47 Å². The molecule has 23 heavy (non-hydrogen) atoms. The summed E-state index contributed by atoms with van der Waals surface area (Å²) in [5.74, 6) is -0.0101. The highest BCUT2D eigenvalue weighted by molar-refractivity contribution is 6.06. The summed E-state index contributed by atoms with van der Waals surface area (Å²) in [5, 5.41) is 6.76. The molecule has 2 N–H and O–H groups in total. The van der Waals surface area contributed by atoms with Gasteiger partial charge in [-0.15, -0.1) is 0 Å². The van der Waals surface area contributed by atoms with E-state index in [-0.39, 0.29) is 11.8 Å². The molecule has 0 aliphatic carbocycles. The van der Waals surface area contributed by atoms with E-state index >= 15 is 0 Å². The predicted molar refractivity (Wildman–Crippen MR) is 86.4 cm³/mol. The third kappa shape index (κ3) is 5.07. The molecule has 0 spiro atoms. The Morgan fingerprint density at radius 2 is 2.09 bits per heavy atom. The van der Waals surface area contributed by atoms with E-state index in [2.05, 4.69) is 15.8 Å². The number of hydrogen-bond donors (Lipinski definition) is 2. The van der Waals surface area contributed by atoms with Crippen LogP contribution in [0.15, 0.2) is 29.4 Å². The van der Waals surface area contributed by atoms with E-state index in [1.54, 1.807) is 19.2 Å². The molecule has 1 aromatic carbocycles. The van der Waals surface area contributed by atoms with Crippen LogP contribution in [-0.4, -0.2) is 38.0 Å². The number of methoxy groups -OCH3 is 1. The molecule has 1 aromatic rings. The van der Waals surface area contributed by atoms with Crippen LogP contribution in [-0.2, 0) is 14.3 Å². The molecule has 2 rings (SSSR count). The van der Waals surface area contributed by atoms with Crippen LogP contribution in [0.1, 0.15) is 25.3 Å². The average Bonchev–Trinajstić information content (AvgIpc) is 2.53. The highest BCUT2D eigenvalue weighted by Gasteiger charge is 2.21. The first-order valence-electron chi connectivity index (χ1n) is 7.49. The molecular weight excluding hydrogens is 298 g/mol. The lowest BCUT2D eigenvalue weighted by molar-refractivity contribution is -0.121. The summed E-state index contributed by atoms with van der Waals surface area (Å²) >= 11 is 0. The maximum Gasteiger partial charge on any atom is 0.411 e. The van der Waals surface area contributed by atoms with Gasteiger partial charge in [0.25, 0.3) is 0 Å². The molecule has 124 valence electrons. The summed E-state index contributed by atoms with van der Waals surface area (Å²) in [6.07, 6.45) is 0.586. The van der Waals surface area contributed by atoms with Crippen molar-refractivity contribution in [1.82, 2.24) is 5.43 Å². The quantitative estimate of drug-likeness (QED) is 0.786. The number of benzene rings is 1. The molecule has 0 aromatic heterocycles. The second-order valence-electron chi connectivity index (χ2n) is 5.32. The molecule has 0 fully saturated rings. The van der Waals surface area contributed by atoms with E-state index in [1.165, 1.54) is 0 Å². The topological polar surface area (TPSA) is 89.0 Å². The molecule has 0 bridgehead atoms. The number of carbonyl (C=O) groups excluding carboxylic acids is 2. The van der Waals surface area contributed by atoms with Crippen LogP contribution in [0.5, 0.6) is 0 Å². The van der Waals surface area contributed by atoms with Crippen molar-refractivity contribution in [2.45, 2.75) is 19.8 Å². The number of carbonyl (C=O) groups is 2. The van der Waals surface area contributed by atoms with Gasteiger partial charge in [-0.1, -0.05) is 19.1 Å². The lowest BCUT2D eigenvalue weighted by Gasteiger charge is -2.19. The van der Waals surface area contributed by atoms with Gasteiger partial charge < -0.3 is 9.47 Å². The maximum atomic E-state index is 11.6. The van der Waals surface area contributed by atoms with Gasteiger partial charge in [-0.3, -0.25) is 10.1 Å². The van der Waals surface area contributed by atoms with Gasteiger partial charge in [0.05, 0.1) is 12.3 Å². The molecule has 1 atom stereocenters. The molecule has 0 saturated carbocycles. The average molecular weight is 319 g/mol. The minimum atomic E-state index is -0.496. The Bertz CT molecular complexity index is 583. The van der Waals surface area contributed by atoms with Crippen molar-refractivity contribution in [2.75, 3.05) is 25.6 Å². The van der Waals surface area contributed by atoms with Crippen molar-refractivity contribution >= 4 is 23.4 Å². The van der Waals surface area contributed by atoms with Crippen molar-refractivity contribution < 1.29 is 19.1 Å². The Morgan fingerprint density at radius 3 is 2.74 bits per heavy atom. The number of nitrogens with zero attached hydrogens (tertiary/aromatic N) is 1. The van der Waals surface area contributed by atoms with E-state index < -0.39 is 6.09 Å². The zero-order valence-corrected chi connectivity index (χ0v) is 13.3. The van der Waals surface area contributed by atoms with Crippen molar-refractivity contribution in [3.63, 3.8) is 0 Å². The first kappa shape index (κ1) is 17.0.